The monoisotopic (exact) mass is 796 g/mol. The van der Waals surface area contributed by atoms with Gasteiger partial charge in [0.05, 0.1) is 23.2 Å². The van der Waals surface area contributed by atoms with Gasteiger partial charge in [-0.1, -0.05) is 26.0 Å². The van der Waals surface area contributed by atoms with Crippen LogP contribution in [0.1, 0.15) is 77.4 Å². The number of halogens is 3. The van der Waals surface area contributed by atoms with Gasteiger partial charge in [0, 0.05) is 60.6 Å². The summed E-state index contributed by atoms with van der Waals surface area (Å²) in [6.07, 6.45) is -3.50. The van der Waals surface area contributed by atoms with Crippen molar-refractivity contribution in [3.8, 4) is 22.5 Å². The van der Waals surface area contributed by atoms with Crippen LogP contribution in [-0.4, -0.2) is 91.8 Å². The smallest absolute Gasteiger partial charge is 0.408 e. The minimum absolute atomic E-state index is 0.0897. The van der Waals surface area contributed by atoms with Crippen molar-refractivity contribution < 1.29 is 47.2 Å². The number of nitrogens with one attached hydrogen (secondary N) is 2. The quantitative estimate of drug-likeness (QED) is 0.116. The third kappa shape index (κ3) is 10.7. The van der Waals surface area contributed by atoms with E-state index in [1.807, 2.05) is 13.8 Å². The molecule has 4 aromatic rings. The van der Waals surface area contributed by atoms with Gasteiger partial charge < -0.3 is 29.6 Å². The van der Waals surface area contributed by atoms with Crippen molar-refractivity contribution in [1.82, 2.24) is 30.3 Å². The first-order valence-electron chi connectivity index (χ1n) is 18.8. The number of alkyl halides is 3. The lowest BCUT2D eigenvalue weighted by atomic mass is 9.84. The summed E-state index contributed by atoms with van der Waals surface area (Å²) in [6, 6.07) is 11.4. The highest BCUT2D eigenvalue weighted by Gasteiger charge is 2.36. The Hall–Kier alpha value is -5.06. The van der Waals surface area contributed by atoms with Crippen molar-refractivity contribution >= 4 is 28.9 Å². The Balaban J connectivity index is 1.62. The summed E-state index contributed by atoms with van der Waals surface area (Å²) < 4.78 is 55.4. The molecule has 4 heterocycles. The highest BCUT2D eigenvalue weighted by molar-refractivity contribution is 5.95. The van der Waals surface area contributed by atoms with Gasteiger partial charge in [-0.25, -0.2) is 10.2 Å². The van der Waals surface area contributed by atoms with Gasteiger partial charge in [0.25, 0.3) is 5.91 Å². The molecule has 0 aliphatic carbocycles. The maximum atomic E-state index is 14.4. The van der Waals surface area contributed by atoms with Gasteiger partial charge >= 0.3 is 18.2 Å². The highest BCUT2D eigenvalue weighted by Crippen LogP contribution is 2.42. The molecule has 0 saturated carbocycles. The lowest BCUT2D eigenvalue weighted by Gasteiger charge is -2.34. The van der Waals surface area contributed by atoms with Gasteiger partial charge in [-0.2, -0.15) is 13.2 Å². The minimum atomic E-state index is -4.58. The number of aliphatic hydroxyl groups is 1. The predicted molar refractivity (Wildman–Crippen MR) is 207 cm³/mol. The van der Waals surface area contributed by atoms with E-state index in [1.165, 1.54) is 16.7 Å². The summed E-state index contributed by atoms with van der Waals surface area (Å²) in [5, 5.41) is 24.3. The Labute approximate surface area is 329 Å². The number of amides is 2. The van der Waals surface area contributed by atoms with E-state index in [4.69, 9.17) is 14.5 Å². The number of hydrazine groups is 1. The van der Waals surface area contributed by atoms with Crippen LogP contribution in [0.25, 0.3) is 33.4 Å². The SMILES string of the molecule is CO[C@@H](C)c1ncccc1-c1c(CC(C)(C)CO)c2cc(-c3cccc(CC(NC(=O)OC(C)(C)C)C(=O)N4CCCC(C(=O)O)N4)n3)ccc2n1CC(F)(F)F. The zero-order valence-electron chi connectivity index (χ0n) is 33.2. The summed E-state index contributed by atoms with van der Waals surface area (Å²) in [4.78, 5) is 47.8. The Bertz CT molecular complexity index is 2100. The molecule has 5 rings (SSSR count). The summed E-state index contributed by atoms with van der Waals surface area (Å²) in [5.41, 5.74) is 4.76. The Morgan fingerprint density at radius 1 is 1.07 bits per heavy atom. The molecule has 16 heteroatoms. The molecule has 57 heavy (non-hydrogen) atoms. The second-order valence-electron chi connectivity index (χ2n) is 16.1. The van der Waals surface area contributed by atoms with E-state index in [-0.39, 0.29) is 26.0 Å². The molecule has 0 spiro atoms. The van der Waals surface area contributed by atoms with E-state index in [9.17, 15) is 37.8 Å². The molecular weight excluding hydrogens is 745 g/mol. The number of aliphatic hydroxyl groups excluding tert-OH is 1. The molecule has 2 unspecified atom stereocenters. The minimum Gasteiger partial charge on any atom is -0.480 e. The largest absolute Gasteiger partial charge is 0.480 e. The second kappa shape index (κ2) is 17.2. The molecule has 1 saturated heterocycles. The number of nitrogens with zero attached hydrogens (tertiary/aromatic N) is 4. The molecule has 1 aliphatic heterocycles. The molecule has 1 aromatic carbocycles. The lowest BCUT2D eigenvalue weighted by molar-refractivity contribution is -0.147. The van der Waals surface area contributed by atoms with Crippen LogP contribution in [0, 0.1) is 5.41 Å². The number of alkyl carbamates (subject to hydrolysis) is 1. The number of carboxylic acids is 1. The number of carboxylic acid groups (broad SMARTS) is 1. The van der Waals surface area contributed by atoms with Crippen molar-refractivity contribution in [3.63, 3.8) is 0 Å². The van der Waals surface area contributed by atoms with E-state index < -0.39 is 59.9 Å². The summed E-state index contributed by atoms with van der Waals surface area (Å²) in [5.74, 6) is -1.68. The number of aromatic nitrogens is 3. The average Bonchev–Trinajstić information content (AvgIpc) is 3.42. The number of benzene rings is 1. The number of fused-ring (bicyclic) bond motifs is 1. The van der Waals surface area contributed by atoms with Gasteiger partial charge in [-0.3, -0.25) is 24.6 Å². The molecule has 1 fully saturated rings. The molecule has 308 valence electrons. The van der Waals surface area contributed by atoms with E-state index >= 15 is 0 Å². The Morgan fingerprint density at radius 3 is 2.46 bits per heavy atom. The molecule has 3 aromatic heterocycles. The second-order valence-corrected chi connectivity index (χ2v) is 16.1. The fourth-order valence-corrected chi connectivity index (χ4v) is 6.93. The van der Waals surface area contributed by atoms with Crippen molar-refractivity contribution in [2.45, 2.75) is 104 Å². The molecule has 0 bridgehead atoms. The van der Waals surface area contributed by atoms with Crippen LogP contribution in [0.4, 0.5) is 18.0 Å². The number of carbonyl (C=O) groups excluding carboxylic acids is 2. The van der Waals surface area contributed by atoms with Gasteiger partial charge in [0.1, 0.15) is 24.2 Å². The van der Waals surface area contributed by atoms with Crippen LogP contribution >= 0.6 is 0 Å². The van der Waals surface area contributed by atoms with Crippen LogP contribution in [-0.2, 0) is 38.4 Å². The van der Waals surface area contributed by atoms with Crippen molar-refractivity contribution in [2.24, 2.45) is 5.41 Å². The fourth-order valence-electron chi connectivity index (χ4n) is 6.93. The summed E-state index contributed by atoms with van der Waals surface area (Å²) in [6.45, 7) is 9.21. The summed E-state index contributed by atoms with van der Waals surface area (Å²) >= 11 is 0. The number of carbonyl (C=O) groups is 3. The Kier molecular flexibility index (Phi) is 13.0. The van der Waals surface area contributed by atoms with E-state index in [1.54, 1.807) is 82.4 Å². The average molecular weight is 797 g/mol. The van der Waals surface area contributed by atoms with Gasteiger partial charge in [-0.15, -0.1) is 0 Å². The zero-order chi connectivity index (χ0) is 41.9. The number of hydrogen-bond donors (Lipinski definition) is 4. The number of pyridine rings is 2. The first kappa shape index (κ1) is 43.1. The molecule has 1 aliphatic rings. The number of methoxy groups -OCH3 is 1. The van der Waals surface area contributed by atoms with Crippen LogP contribution in [0.5, 0.6) is 0 Å². The molecule has 0 radical (unpaired) electrons. The number of ether oxygens (including phenoxy) is 2. The van der Waals surface area contributed by atoms with Crippen LogP contribution < -0.4 is 10.7 Å². The number of hydrogen-bond acceptors (Lipinski definition) is 9. The molecule has 3 atom stereocenters. The van der Waals surface area contributed by atoms with Crippen molar-refractivity contribution in [2.75, 3.05) is 20.3 Å². The zero-order valence-corrected chi connectivity index (χ0v) is 33.2. The third-order valence-electron chi connectivity index (χ3n) is 9.68. The maximum absolute atomic E-state index is 14.4. The number of rotatable bonds is 13. The van der Waals surface area contributed by atoms with Gasteiger partial charge in [0.15, 0.2) is 0 Å². The maximum Gasteiger partial charge on any atom is 0.408 e. The van der Waals surface area contributed by atoms with Crippen LogP contribution in [0.15, 0.2) is 54.7 Å². The van der Waals surface area contributed by atoms with Crippen LogP contribution in [0.2, 0.25) is 0 Å². The third-order valence-corrected chi connectivity index (χ3v) is 9.68. The predicted octanol–water partition coefficient (Wildman–Crippen LogP) is 6.61. The first-order chi connectivity index (χ1) is 26.7. The topological polar surface area (TPSA) is 168 Å². The number of aliphatic carboxylic acids is 1. The standard InChI is InChI=1S/C41H51F3N6O7/c1-24(56-7)34-27(12-9-17-45-34)35-29(21-40(5,6)23-51)28-19-25(15-16-33(28)49(35)22-41(42,43)44)30-13-8-11-26(46-30)20-32(47-38(55)57-39(2,3)4)36(52)50-18-10-14-31(48-50)37(53)54/h8-9,11-13,15-17,19,24,31-32,48,51H,10,14,18,20-23H2,1-7H3,(H,47,55)(H,53,54)/t24-,31?,32?/m0/s1. The van der Waals surface area contributed by atoms with Gasteiger partial charge in [-0.05, 0) is 94.3 Å². The van der Waals surface area contributed by atoms with Gasteiger partial charge in [0.2, 0.25) is 0 Å². The van der Waals surface area contributed by atoms with Crippen molar-refractivity contribution in [1.29, 1.82) is 0 Å². The van der Waals surface area contributed by atoms with E-state index in [0.29, 0.717) is 63.2 Å². The molecule has 4 N–H and O–H groups in total. The fraction of sp³-hybridized carbons (Fsp3) is 0.488. The van der Waals surface area contributed by atoms with Crippen molar-refractivity contribution in [3.05, 3.63) is 71.7 Å². The normalized spacial score (nSPS) is 16.3. The Morgan fingerprint density at radius 2 is 1.81 bits per heavy atom. The van der Waals surface area contributed by atoms with E-state index in [2.05, 4.69) is 15.7 Å². The highest BCUT2D eigenvalue weighted by atomic mass is 19.4. The summed E-state index contributed by atoms with van der Waals surface area (Å²) in [7, 11) is 1.50. The first-order valence-corrected chi connectivity index (χ1v) is 18.8. The van der Waals surface area contributed by atoms with E-state index in [0.717, 1.165) is 0 Å². The lowest BCUT2D eigenvalue weighted by Crippen LogP contribution is -2.60. The van der Waals surface area contributed by atoms with Crippen LogP contribution in [0.3, 0.4) is 0 Å². The molecular formula is C41H51F3N6O7. The molecule has 2 amide bonds. The molecule has 13 nitrogen and oxygen atoms in total.